The monoisotopic (exact) mass is 219 g/mol. The van der Waals surface area contributed by atoms with Crippen LogP contribution in [0.4, 0.5) is 0 Å². The van der Waals surface area contributed by atoms with Crippen LogP contribution >= 0.6 is 0 Å². The molecule has 0 heterocycles. The number of carboxylic acid groups (broad SMARTS) is 1. The molecule has 15 heavy (non-hydrogen) atoms. The number of rotatable bonds is 8. The van der Waals surface area contributed by atoms with Crippen LogP contribution in [0, 0.1) is 0 Å². The predicted molar refractivity (Wildman–Crippen MR) is 58.4 cm³/mol. The zero-order chi connectivity index (χ0) is 11.9. The first-order valence-electron chi connectivity index (χ1n) is 5.24. The summed E-state index contributed by atoms with van der Waals surface area (Å²) in [5.74, 6) is -0.894. The number of carbonyl (C=O) groups is 1. The van der Waals surface area contributed by atoms with E-state index in [4.69, 9.17) is 10.2 Å². The maximum absolute atomic E-state index is 10.7. The van der Waals surface area contributed by atoms with Gasteiger partial charge in [-0.25, -0.2) is 0 Å². The minimum Gasteiger partial charge on any atom is -0.480 e. The second-order valence-electron chi connectivity index (χ2n) is 4.76. The fraction of sp³-hybridized carbons (Fsp3) is 0.900. The molecule has 0 aliphatic heterocycles. The van der Waals surface area contributed by atoms with Gasteiger partial charge in [0.15, 0.2) is 0 Å². The second kappa shape index (κ2) is 6.76. The molecule has 0 aliphatic rings. The van der Waals surface area contributed by atoms with Crippen LogP contribution in [-0.2, 0) is 4.79 Å². The lowest BCUT2D eigenvalue weighted by Gasteiger charge is -2.24. The average molecular weight is 219 g/mol. The summed E-state index contributed by atoms with van der Waals surface area (Å²) in [7, 11) is 6.34. The Kier molecular flexibility index (Phi) is 6.47. The van der Waals surface area contributed by atoms with Crippen LogP contribution in [0.3, 0.4) is 0 Å². The number of aliphatic hydroxyl groups excluding tert-OH is 1. The normalized spacial score (nSPS) is 13.9. The molecule has 0 saturated carbocycles. The molecule has 0 fully saturated rings. The number of hydrogen-bond acceptors (Lipinski definition) is 3. The van der Waals surface area contributed by atoms with E-state index in [1.807, 2.05) is 0 Å². The SMILES string of the molecule is C[N+](C)(C)CCCC[C@H](NCO)C(=O)O. The molecule has 0 aromatic rings. The standard InChI is InChI=1S/C10H22N2O3/c1-12(2,3)7-5-4-6-9(10(14)15)11-8-13/h9,11,13H,4-8H2,1-3H3/p+1/t9-/m0/s1. The highest BCUT2D eigenvalue weighted by molar-refractivity contribution is 5.73. The summed E-state index contributed by atoms with van der Waals surface area (Å²) in [4.78, 5) is 10.7. The van der Waals surface area contributed by atoms with E-state index in [1.54, 1.807) is 0 Å². The number of unbranched alkanes of at least 4 members (excludes halogenated alkanes) is 1. The van der Waals surface area contributed by atoms with Crippen LogP contribution in [0.15, 0.2) is 0 Å². The smallest absolute Gasteiger partial charge is 0.320 e. The lowest BCUT2D eigenvalue weighted by molar-refractivity contribution is -0.870. The second-order valence-corrected chi connectivity index (χ2v) is 4.76. The van der Waals surface area contributed by atoms with E-state index in [1.165, 1.54) is 0 Å². The Morgan fingerprint density at radius 2 is 1.93 bits per heavy atom. The van der Waals surface area contributed by atoms with Gasteiger partial charge in [-0.1, -0.05) is 0 Å². The largest absolute Gasteiger partial charge is 0.480 e. The summed E-state index contributed by atoms with van der Waals surface area (Å²) in [6.07, 6.45) is 2.43. The van der Waals surface area contributed by atoms with Gasteiger partial charge in [-0.3, -0.25) is 10.1 Å². The topological polar surface area (TPSA) is 69.6 Å². The number of carboxylic acids is 1. The van der Waals surface area contributed by atoms with E-state index in [0.717, 1.165) is 23.9 Å². The van der Waals surface area contributed by atoms with Crippen molar-refractivity contribution in [1.29, 1.82) is 0 Å². The third kappa shape index (κ3) is 8.35. The van der Waals surface area contributed by atoms with Gasteiger partial charge >= 0.3 is 5.97 Å². The molecule has 3 N–H and O–H groups in total. The third-order valence-corrected chi connectivity index (χ3v) is 2.21. The summed E-state index contributed by atoms with van der Waals surface area (Å²) in [5.41, 5.74) is 0. The number of nitrogens with one attached hydrogen (secondary N) is 1. The molecule has 0 bridgehead atoms. The Morgan fingerprint density at radius 1 is 1.33 bits per heavy atom. The molecular weight excluding hydrogens is 196 g/mol. The molecular formula is C10H23N2O3+. The lowest BCUT2D eigenvalue weighted by atomic mass is 10.1. The van der Waals surface area contributed by atoms with Gasteiger partial charge in [-0.05, 0) is 19.3 Å². The van der Waals surface area contributed by atoms with E-state index in [2.05, 4.69) is 26.5 Å². The minimum absolute atomic E-state index is 0.285. The highest BCUT2D eigenvalue weighted by atomic mass is 16.4. The Morgan fingerprint density at radius 3 is 2.33 bits per heavy atom. The van der Waals surface area contributed by atoms with Crippen molar-refractivity contribution in [2.75, 3.05) is 34.4 Å². The molecule has 0 aliphatic carbocycles. The van der Waals surface area contributed by atoms with E-state index in [-0.39, 0.29) is 6.73 Å². The zero-order valence-electron chi connectivity index (χ0n) is 9.86. The summed E-state index contributed by atoms with van der Waals surface area (Å²) < 4.78 is 0.894. The number of quaternary nitrogens is 1. The molecule has 0 amide bonds. The van der Waals surface area contributed by atoms with Gasteiger partial charge in [0, 0.05) is 0 Å². The van der Waals surface area contributed by atoms with Crippen LogP contribution in [0.5, 0.6) is 0 Å². The van der Waals surface area contributed by atoms with E-state index >= 15 is 0 Å². The van der Waals surface area contributed by atoms with Crippen LogP contribution in [0.25, 0.3) is 0 Å². The summed E-state index contributed by atoms with van der Waals surface area (Å²) in [5, 5.41) is 19.9. The third-order valence-electron chi connectivity index (χ3n) is 2.21. The molecule has 1 atom stereocenters. The van der Waals surface area contributed by atoms with E-state index in [0.29, 0.717) is 6.42 Å². The Bertz CT molecular complexity index is 190. The van der Waals surface area contributed by atoms with Crippen molar-refractivity contribution in [3.05, 3.63) is 0 Å². The summed E-state index contributed by atoms with van der Waals surface area (Å²) >= 11 is 0. The molecule has 0 unspecified atom stereocenters. The van der Waals surface area contributed by atoms with Crippen LogP contribution in [-0.4, -0.2) is 61.1 Å². The predicted octanol–water partition coefficient (Wildman–Crippen LogP) is -0.144. The fourth-order valence-electron chi connectivity index (χ4n) is 1.36. The van der Waals surface area contributed by atoms with Gasteiger partial charge in [-0.2, -0.15) is 0 Å². The van der Waals surface area contributed by atoms with Gasteiger partial charge in [0.05, 0.1) is 34.4 Å². The van der Waals surface area contributed by atoms with Crippen molar-refractivity contribution in [1.82, 2.24) is 5.32 Å². The number of aliphatic carboxylic acids is 1. The van der Waals surface area contributed by atoms with Crippen molar-refractivity contribution < 1.29 is 19.5 Å². The maximum atomic E-state index is 10.7. The summed E-state index contributed by atoms with van der Waals surface area (Å²) in [6, 6.07) is -0.623. The van der Waals surface area contributed by atoms with E-state index in [9.17, 15) is 4.79 Å². The number of aliphatic hydroxyl groups is 1. The van der Waals surface area contributed by atoms with Crippen molar-refractivity contribution in [3.8, 4) is 0 Å². The van der Waals surface area contributed by atoms with Gasteiger partial charge in [0.1, 0.15) is 6.04 Å². The van der Waals surface area contributed by atoms with Gasteiger partial charge in [-0.15, -0.1) is 0 Å². The van der Waals surface area contributed by atoms with Crippen molar-refractivity contribution in [2.45, 2.75) is 25.3 Å². The number of hydrogen-bond donors (Lipinski definition) is 3. The minimum atomic E-state index is -0.894. The van der Waals surface area contributed by atoms with Gasteiger partial charge in [0.25, 0.3) is 0 Å². The summed E-state index contributed by atoms with van der Waals surface area (Å²) in [6.45, 7) is 0.748. The Labute approximate surface area is 91.3 Å². The molecule has 0 aromatic carbocycles. The fourth-order valence-corrected chi connectivity index (χ4v) is 1.36. The quantitative estimate of drug-likeness (QED) is 0.302. The van der Waals surface area contributed by atoms with E-state index < -0.39 is 12.0 Å². The van der Waals surface area contributed by atoms with Crippen LogP contribution < -0.4 is 5.32 Å². The Balaban J connectivity index is 3.67. The van der Waals surface area contributed by atoms with Crippen molar-refractivity contribution >= 4 is 5.97 Å². The van der Waals surface area contributed by atoms with Crippen molar-refractivity contribution in [3.63, 3.8) is 0 Å². The first-order chi connectivity index (χ1) is 6.87. The average Bonchev–Trinajstić information content (AvgIpc) is 2.08. The molecule has 90 valence electrons. The lowest BCUT2D eigenvalue weighted by Crippen LogP contribution is -2.38. The molecule has 0 rings (SSSR count). The molecule has 0 saturated heterocycles. The maximum Gasteiger partial charge on any atom is 0.320 e. The first-order valence-corrected chi connectivity index (χ1v) is 5.24. The highest BCUT2D eigenvalue weighted by Crippen LogP contribution is 2.04. The number of nitrogens with zero attached hydrogens (tertiary/aromatic N) is 1. The van der Waals surface area contributed by atoms with Gasteiger partial charge in [0.2, 0.25) is 0 Å². The molecule has 0 aromatic heterocycles. The van der Waals surface area contributed by atoms with Crippen molar-refractivity contribution in [2.24, 2.45) is 0 Å². The van der Waals surface area contributed by atoms with Crippen LogP contribution in [0.1, 0.15) is 19.3 Å². The molecule has 5 nitrogen and oxygen atoms in total. The molecule has 0 spiro atoms. The van der Waals surface area contributed by atoms with Crippen LogP contribution in [0.2, 0.25) is 0 Å². The molecule has 5 heteroatoms. The van der Waals surface area contributed by atoms with Gasteiger partial charge < -0.3 is 14.7 Å². The zero-order valence-corrected chi connectivity index (χ0v) is 9.86. The molecule has 0 radical (unpaired) electrons. The highest BCUT2D eigenvalue weighted by Gasteiger charge is 2.16. The Hall–Kier alpha value is -0.650. The first kappa shape index (κ1) is 14.3.